The minimum atomic E-state index is 0.0267. The molecule has 2 aliphatic carbocycles. The van der Waals surface area contributed by atoms with E-state index < -0.39 is 0 Å². The monoisotopic (exact) mass is 327 g/mol. The first-order valence-electron chi connectivity index (χ1n) is 8.74. The molecule has 0 heterocycles. The molecule has 0 aliphatic heterocycles. The van der Waals surface area contributed by atoms with E-state index in [1.165, 1.54) is 5.56 Å². The van der Waals surface area contributed by atoms with Gasteiger partial charge in [0.15, 0.2) is 0 Å². The lowest BCUT2D eigenvalue weighted by Crippen LogP contribution is -2.44. The second kappa shape index (κ2) is 7.62. The Labute approximate surface area is 142 Å². The molecule has 5 nitrogen and oxygen atoms in total. The number of rotatable bonds is 5. The summed E-state index contributed by atoms with van der Waals surface area (Å²) in [4.78, 5) is 24.0. The van der Waals surface area contributed by atoms with Gasteiger partial charge in [-0.2, -0.15) is 0 Å². The average molecular weight is 327 g/mol. The summed E-state index contributed by atoms with van der Waals surface area (Å²) >= 11 is 0. The van der Waals surface area contributed by atoms with Gasteiger partial charge in [0.05, 0.1) is 0 Å². The van der Waals surface area contributed by atoms with Crippen LogP contribution >= 0.6 is 0 Å². The number of amides is 2. The van der Waals surface area contributed by atoms with Crippen LogP contribution < -0.4 is 16.4 Å². The number of hydrogen-bond acceptors (Lipinski definition) is 3. The summed E-state index contributed by atoms with van der Waals surface area (Å²) in [6.45, 7) is 0.384. The van der Waals surface area contributed by atoms with Gasteiger partial charge in [0.2, 0.25) is 11.8 Å². The molecule has 1 fully saturated rings. The van der Waals surface area contributed by atoms with Gasteiger partial charge in [-0.15, -0.1) is 0 Å². The number of benzene rings is 1. The second-order valence-electron chi connectivity index (χ2n) is 6.67. The van der Waals surface area contributed by atoms with E-state index in [2.05, 4.69) is 16.7 Å². The Hall–Kier alpha value is -2.14. The first-order chi connectivity index (χ1) is 11.7. The van der Waals surface area contributed by atoms with E-state index in [-0.39, 0.29) is 23.9 Å². The van der Waals surface area contributed by atoms with Crippen molar-refractivity contribution in [2.24, 2.45) is 5.73 Å². The van der Waals surface area contributed by atoms with Crippen molar-refractivity contribution in [3.05, 3.63) is 41.0 Å². The fourth-order valence-corrected chi connectivity index (χ4v) is 3.52. The lowest BCUT2D eigenvalue weighted by Gasteiger charge is -2.29. The van der Waals surface area contributed by atoms with Gasteiger partial charge in [0.25, 0.3) is 0 Å². The van der Waals surface area contributed by atoms with Crippen LogP contribution in [0.3, 0.4) is 0 Å². The highest BCUT2D eigenvalue weighted by Gasteiger charge is 2.25. The predicted molar refractivity (Wildman–Crippen MR) is 94.1 cm³/mol. The molecule has 1 aromatic carbocycles. The van der Waals surface area contributed by atoms with Crippen LogP contribution in [-0.2, 0) is 16.0 Å². The van der Waals surface area contributed by atoms with Crippen molar-refractivity contribution in [3.8, 4) is 0 Å². The number of fused-ring (bicyclic) bond motifs is 1. The molecule has 1 saturated carbocycles. The smallest absolute Gasteiger partial charge is 0.247 e. The predicted octanol–water partition coefficient (Wildman–Crippen LogP) is 1.52. The molecular weight excluding hydrogens is 302 g/mol. The van der Waals surface area contributed by atoms with Gasteiger partial charge in [0.1, 0.15) is 0 Å². The minimum Gasteiger partial charge on any atom is -0.353 e. The third-order valence-corrected chi connectivity index (χ3v) is 4.86. The third-order valence-electron chi connectivity index (χ3n) is 4.86. The second-order valence-corrected chi connectivity index (χ2v) is 6.67. The van der Waals surface area contributed by atoms with Crippen LogP contribution in [0.1, 0.15) is 43.2 Å². The van der Waals surface area contributed by atoms with E-state index in [1.807, 2.05) is 24.3 Å². The maximum absolute atomic E-state index is 12.5. The lowest BCUT2D eigenvalue weighted by molar-refractivity contribution is -0.122. The Kier molecular flexibility index (Phi) is 5.30. The molecule has 4 N–H and O–H groups in total. The van der Waals surface area contributed by atoms with E-state index >= 15 is 0 Å². The van der Waals surface area contributed by atoms with Crippen molar-refractivity contribution in [1.82, 2.24) is 10.6 Å². The molecule has 3 rings (SSSR count). The molecule has 0 atom stereocenters. The molecular formula is C19H25N3O2. The van der Waals surface area contributed by atoms with Crippen LogP contribution in [0.5, 0.6) is 0 Å². The fourth-order valence-electron chi connectivity index (χ4n) is 3.52. The molecule has 2 amide bonds. The van der Waals surface area contributed by atoms with Crippen LogP contribution in [0.25, 0.3) is 6.08 Å². The Morgan fingerprint density at radius 1 is 1.04 bits per heavy atom. The zero-order valence-corrected chi connectivity index (χ0v) is 13.9. The van der Waals surface area contributed by atoms with E-state index in [1.54, 1.807) is 0 Å². The zero-order chi connectivity index (χ0) is 16.9. The van der Waals surface area contributed by atoms with E-state index in [0.717, 1.165) is 36.8 Å². The van der Waals surface area contributed by atoms with Crippen molar-refractivity contribution in [1.29, 1.82) is 0 Å². The Morgan fingerprint density at radius 3 is 2.38 bits per heavy atom. The number of carbonyl (C=O) groups excluding carboxylic acids is 2. The molecule has 0 saturated heterocycles. The first kappa shape index (κ1) is 16.7. The highest BCUT2D eigenvalue weighted by molar-refractivity contribution is 6.00. The van der Waals surface area contributed by atoms with Crippen LogP contribution in [0, 0.1) is 0 Å². The molecule has 1 aromatic rings. The van der Waals surface area contributed by atoms with Gasteiger partial charge in [0, 0.05) is 37.0 Å². The molecule has 2 aliphatic rings. The highest BCUT2D eigenvalue weighted by atomic mass is 16.2. The standard InChI is InChI=1S/C19H25N3O2/c20-10-9-18(23)21-16-5-7-17(8-6-16)22-19(24)15-11-13-3-1-2-4-14(13)12-15/h1-4,11,16-17H,5-10,12,20H2,(H,21,23)(H,22,24). The van der Waals surface area contributed by atoms with Crippen molar-refractivity contribution in [2.75, 3.05) is 6.54 Å². The van der Waals surface area contributed by atoms with Crippen LogP contribution in [-0.4, -0.2) is 30.4 Å². The van der Waals surface area contributed by atoms with Gasteiger partial charge in [-0.1, -0.05) is 24.3 Å². The SMILES string of the molecule is NCCC(=O)NC1CCC(NC(=O)C2=Cc3ccccc3C2)CC1. The molecule has 0 radical (unpaired) electrons. The number of carbonyl (C=O) groups is 2. The third kappa shape index (κ3) is 4.03. The summed E-state index contributed by atoms with van der Waals surface area (Å²) in [6.07, 6.45) is 6.70. The fraction of sp³-hybridized carbons (Fsp3) is 0.474. The molecule has 5 heteroatoms. The molecule has 0 aromatic heterocycles. The van der Waals surface area contributed by atoms with Gasteiger partial charge in [-0.3, -0.25) is 9.59 Å². The number of nitrogens with two attached hydrogens (primary N) is 1. The summed E-state index contributed by atoms with van der Waals surface area (Å²) in [6, 6.07) is 8.54. The summed E-state index contributed by atoms with van der Waals surface area (Å²) in [5.41, 5.74) is 8.60. The Balaban J connectivity index is 1.45. The van der Waals surface area contributed by atoms with Gasteiger partial charge in [-0.25, -0.2) is 0 Å². The van der Waals surface area contributed by atoms with Gasteiger partial charge < -0.3 is 16.4 Å². The van der Waals surface area contributed by atoms with Gasteiger partial charge in [-0.05, 0) is 42.9 Å². The largest absolute Gasteiger partial charge is 0.353 e. The average Bonchev–Trinajstić information content (AvgIpc) is 3.01. The zero-order valence-electron chi connectivity index (χ0n) is 13.9. The summed E-state index contributed by atoms with van der Waals surface area (Å²) in [7, 11) is 0. The van der Waals surface area contributed by atoms with Crippen LogP contribution in [0.15, 0.2) is 29.8 Å². The maximum Gasteiger partial charge on any atom is 0.247 e. The van der Waals surface area contributed by atoms with Crippen LogP contribution in [0.2, 0.25) is 0 Å². The normalized spacial score (nSPS) is 22.5. The Morgan fingerprint density at radius 2 is 1.71 bits per heavy atom. The lowest BCUT2D eigenvalue weighted by atomic mass is 9.91. The quantitative estimate of drug-likeness (QED) is 0.766. The van der Waals surface area contributed by atoms with Crippen molar-refractivity contribution < 1.29 is 9.59 Å². The van der Waals surface area contributed by atoms with Crippen molar-refractivity contribution >= 4 is 17.9 Å². The van der Waals surface area contributed by atoms with E-state index in [0.29, 0.717) is 19.4 Å². The summed E-state index contributed by atoms with van der Waals surface area (Å²) < 4.78 is 0. The molecule has 0 spiro atoms. The molecule has 0 bridgehead atoms. The van der Waals surface area contributed by atoms with E-state index in [9.17, 15) is 9.59 Å². The Bertz CT molecular complexity index is 646. The summed E-state index contributed by atoms with van der Waals surface area (Å²) in [5.74, 6) is 0.0701. The molecule has 0 unspecified atom stereocenters. The van der Waals surface area contributed by atoms with Crippen molar-refractivity contribution in [3.63, 3.8) is 0 Å². The maximum atomic E-state index is 12.5. The number of hydrogen-bond donors (Lipinski definition) is 3. The molecule has 24 heavy (non-hydrogen) atoms. The first-order valence-corrected chi connectivity index (χ1v) is 8.74. The minimum absolute atomic E-state index is 0.0267. The summed E-state index contributed by atoms with van der Waals surface area (Å²) in [5, 5.41) is 6.17. The highest BCUT2D eigenvalue weighted by Crippen LogP contribution is 2.25. The molecule has 128 valence electrons. The van der Waals surface area contributed by atoms with E-state index in [4.69, 9.17) is 5.73 Å². The van der Waals surface area contributed by atoms with Crippen LogP contribution in [0.4, 0.5) is 0 Å². The van der Waals surface area contributed by atoms with Gasteiger partial charge >= 0.3 is 0 Å². The van der Waals surface area contributed by atoms with Crippen molar-refractivity contribution in [2.45, 2.75) is 50.6 Å². The topological polar surface area (TPSA) is 84.2 Å². The number of nitrogens with one attached hydrogen (secondary N) is 2.